The molecule has 1 rings (SSSR count). The Hall–Kier alpha value is -1.12. The SMILES string of the molecule is FC(F)(F)CCCNc1ccc(OC(F)(F)F)c(Br)c1. The van der Waals surface area contributed by atoms with Crippen molar-refractivity contribution in [3.05, 3.63) is 22.7 Å². The smallest absolute Gasteiger partial charge is 0.405 e. The molecule has 0 unspecified atom stereocenters. The highest BCUT2D eigenvalue weighted by molar-refractivity contribution is 9.10. The molecule has 0 saturated heterocycles. The van der Waals surface area contributed by atoms with Crippen LogP contribution in [0.4, 0.5) is 32.0 Å². The summed E-state index contributed by atoms with van der Waals surface area (Å²) in [5, 5.41) is 2.68. The van der Waals surface area contributed by atoms with Gasteiger partial charge in [0, 0.05) is 18.7 Å². The van der Waals surface area contributed by atoms with E-state index in [9.17, 15) is 26.3 Å². The topological polar surface area (TPSA) is 21.3 Å². The van der Waals surface area contributed by atoms with Gasteiger partial charge in [0.05, 0.1) is 4.47 Å². The molecule has 0 aliphatic heterocycles. The molecular weight excluding hydrogens is 356 g/mol. The van der Waals surface area contributed by atoms with E-state index in [2.05, 4.69) is 26.0 Å². The van der Waals surface area contributed by atoms with Gasteiger partial charge in [-0.1, -0.05) is 0 Å². The Bertz CT molecular complexity index is 446. The normalized spacial score (nSPS) is 12.3. The first-order chi connectivity index (χ1) is 9.07. The minimum absolute atomic E-state index is 0.0515. The standard InChI is InChI=1S/C11H10BrF6NO/c12-8-6-7(19-5-1-4-10(13,14)15)2-3-9(8)20-11(16,17)18/h2-3,6,19H,1,4-5H2. The maximum atomic E-state index is 12.0. The van der Waals surface area contributed by atoms with E-state index in [-0.39, 0.29) is 17.4 Å². The van der Waals surface area contributed by atoms with Gasteiger partial charge in [-0.3, -0.25) is 0 Å². The average molecular weight is 366 g/mol. The molecule has 20 heavy (non-hydrogen) atoms. The summed E-state index contributed by atoms with van der Waals surface area (Å²) in [5.41, 5.74) is 0.397. The minimum atomic E-state index is -4.80. The molecule has 114 valence electrons. The molecule has 0 bridgehead atoms. The second-order valence-corrected chi connectivity index (χ2v) is 4.69. The Balaban J connectivity index is 2.51. The van der Waals surface area contributed by atoms with E-state index in [0.717, 1.165) is 6.07 Å². The summed E-state index contributed by atoms with van der Waals surface area (Å²) < 4.78 is 75.5. The molecule has 0 spiro atoms. The van der Waals surface area contributed by atoms with E-state index in [4.69, 9.17) is 0 Å². The quantitative estimate of drug-likeness (QED) is 0.578. The molecule has 2 nitrogen and oxygen atoms in total. The molecule has 1 aromatic rings. The van der Waals surface area contributed by atoms with Crippen LogP contribution in [0.5, 0.6) is 5.75 Å². The van der Waals surface area contributed by atoms with Crippen LogP contribution in [0.15, 0.2) is 22.7 Å². The van der Waals surface area contributed by atoms with E-state index in [1.165, 1.54) is 12.1 Å². The maximum Gasteiger partial charge on any atom is 0.573 e. The lowest BCUT2D eigenvalue weighted by Crippen LogP contribution is -2.17. The van der Waals surface area contributed by atoms with E-state index in [0.29, 0.717) is 5.69 Å². The fraction of sp³-hybridized carbons (Fsp3) is 0.455. The third kappa shape index (κ3) is 6.88. The first-order valence-electron chi connectivity index (χ1n) is 5.43. The Labute approximate surface area is 119 Å². The van der Waals surface area contributed by atoms with E-state index >= 15 is 0 Å². The third-order valence-electron chi connectivity index (χ3n) is 2.12. The first kappa shape index (κ1) is 16.9. The average Bonchev–Trinajstić information content (AvgIpc) is 2.25. The number of hydrogen-bond donors (Lipinski definition) is 1. The molecule has 0 amide bonds. The Morgan fingerprint density at radius 1 is 1.10 bits per heavy atom. The van der Waals surface area contributed by atoms with Crippen LogP contribution < -0.4 is 10.1 Å². The minimum Gasteiger partial charge on any atom is -0.405 e. The third-order valence-corrected chi connectivity index (χ3v) is 2.74. The van der Waals surface area contributed by atoms with Crippen LogP contribution >= 0.6 is 15.9 Å². The van der Waals surface area contributed by atoms with Crippen molar-refractivity contribution in [3.8, 4) is 5.75 Å². The van der Waals surface area contributed by atoms with Crippen molar-refractivity contribution in [2.24, 2.45) is 0 Å². The van der Waals surface area contributed by atoms with Crippen LogP contribution in [0.25, 0.3) is 0 Å². The number of rotatable bonds is 5. The highest BCUT2D eigenvalue weighted by Crippen LogP contribution is 2.32. The van der Waals surface area contributed by atoms with Gasteiger partial charge in [0.25, 0.3) is 0 Å². The molecular formula is C11H10BrF6NO. The van der Waals surface area contributed by atoms with Gasteiger partial charge >= 0.3 is 12.5 Å². The number of nitrogens with one attached hydrogen (secondary N) is 1. The predicted molar refractivity (Wildman–Crippen MR) is 64.6 cm³/mol. The molecule has 1 N–H and O–H groups in total. The molecule has 9 heteroatoms. The zero-order valence-electron chi connectivity index (χ0n) is 9.91. The van der Waals surface area contributed by atoms with Crippen LogP contribution in [-0.4, -0.2) is 19.1 Å². The van der Waals surface area contributed by atoms with Gasteiger partial charge in [-0.05, 0) is 40.5 Å². The van der Waals surface area contributed by atoms with Gasteiger partial charge in [-0.25, -0.2) is 0 Å². The molecule has 0 aliphatic carbocycles. The second kappa shape index (κ2) is 6.55. The summed E-state index contributed by atoms with van der Waals surface area (Å²) >= 11 is 2.90. The predicted octanol–water partition coefficient (Wildman–Crippen LogP) is 5.10. The molecule has 0 heterocycles. The molecule has 0 aromatic heterocycles. The lowest BCUT2D eigenvalue weighted by molar-refractivity contribution is -0.274. The number of halogens is 7. The van der Waals surface area contributed by atoms with Crippen LogP contribution in [0.3, 0.4) is 0 Å². The molecule has 0 radical (unpaired) electrons. The molecule has 0 fully saturated rings. The van der Waals surface area contributed by atoms with Crippen molar-refractivity contribution >= 4 is 21.6 Å². The van der Waals surface area contributed by atoms with Crippen molar-refractivity contribution in [2.45, 2.75) is 25.4 Å². The van der Waals surface area contributed by atoms with Gasteiger partial charge in [-0.15, -0.1) is 13.2 Å². The Kier molecular flexibility index (Phi) is 5.55. The Morgan fingerprint density at radius 2 is 1.75 bits per heavy atom. The summed E-state index contributed by atoms with van der Waals surface area (Å²) in [4.78, 5) is 0. The number of ether oxygens (including phenoxy) is 1. The van der Waals surface area contributed by atoms with Crippen molar-refractivity contribution in [1.82, 2.24) is 0 Å². The second-order valence-electron chi connectivity index (χ2n) is 3.84. The number of hydrogen-bond acceptors (Lipinski definition) is 2. The molecule has 0 aliphatic rings. The fourth-order valence-electron chi connectivity index (χ4n) is 1.34. The highest BCUT2D eigenvalue weighted by Gasteiger charge is 2.32. The molecule has 0 saturated carbocycles. The summed E-state index contributed by atoms with van der Waals surface area (Å²) in [5.74, 6) is -0.418. The van der Waals surface area contributed by atoms with Crippen LogP contribution in [-0.2, 0) is 0 Å². The zero-order valence-corrected chi connectivity index (χ0v) is 11.5. The van der Waals surface area contributed by atoms with Gasteiger partial charge in [-0.2, -0.15) is 13.2 Å². The van der Waals surface area contributed by atoms with Gasteiger partial charge in [0.1, 0.15) is 5.75 Å². The van der Waals surface area contributed by atoms with Gasteiger partial charge < -0.3 is 10.1 Å². The summed E-state index contributed by atoms with van der Waals surface area (Å²) in [7, 11) is 0. The van der Waals surface area contributed by atoms with Gasteiger partial charge in [0.15, 0.2) is 0 Å². The van der Waals surface area contributed by atoms with E-state index in [1.807, 2.05) is 0 Å². The largest absolute Gasteiger partial charge is 0.573 e. The lowest BCUT2D eigenvalue weighted by atomic mass is 10.2. The highest BCUT2D eigenvalue weighted by atomic mass is 79.9. The van der Waals surface area contributed by atoms with Crippen LogP contribution in [0.2, 0.25) is 0 Å². The molecule has 0 atom stereocenters. The Morgan fingerprint density at radius 3 is 2.25 bits per heavy atom. The van der Waals surface area contributed by atoms with Crippen LogP contribution in [0.1, 0.15) is 12.8 Å². The maximum absolute atomic E-state index is 12.0. The van der Waals surface area contributed by atoms with Crippen molar-refractivity contribution in [1.29, 1.82) is 0 Å². The number of anilines is 1. The summed E-state index contributed by atoms with van der Waals surface area (Å²) in [6, 6.07) is 3.66. The monoisotopic (exact) mass is 365 g/mol. The fourth-order valence-corrected chi connectivity index (χ4v) is 1.80. The van der Waals surface area contributed by atoms with Crippen molar-refractivity contribution in [2.75, 3.05) is 11.9 Å². The molecule has 1 aromatic carbocycles. The van der Waals surface area contributed by atoms with Crippen molar-refractivity contribution in [3.63, 3.8) is 0 Å². The summed E-state index contributed by atoms with van der Waals surface area (Å²) in [6.45, 7) is 0.0609. The zero-order chi connectivity index (χ0) is 15.4. The number of benzene rings is 1. The summed E-state index contributed by atoms with van der Waals surface area (Å²) in [6.07, 6.45) is -10.1. The van der Waals surface area contributed by atoms with Gasteiger partial charge in [0.2, 0.25) is 0 Å². The van der Waals surface area contributed by atoms with E-state index in [1.54, 1.807) is 0 Å². The van der Waals surface area contributed by atoms with E-state index < -0.39 is 24.7 Å². The lowest BCUT2D eigenvalue weighted by Gasteiger charge is -2.12. The first-order valence-corrected chi connectivity index (χ1v) is 6.22. The van der Waals surface area contributed by atoms with Crippen LogP contribution in [0, 0.1) is 0 Å². The number of alkyl halides is 6. The van der Waals surface area contributed by atoms with Crippen molar-refractivity contribution < 1.29 is 31.1 Å².